The first kappa shape index (κ1) is 28.9. The zero-order valence-corrected chi connectivity index (χ0v) is 24.2. The number of sulfonamides is 1. The second kappa shape index (κ2) is 12.8. The van der Waals surface area contributed by atoms with Crippen LogP contribution in [0.15, 0.2) is 54.9 Å². The van der Waals surface area contributed by atoms with Gasteiger partial charge in [-0.2, -0.15) is 5.26 Å². The third-order valence-corrected chi connectivity index (χ3v) is 7.00. The van der Waals surface area contributed by atoms with Crippen molar-refractivity contribution in [3.8, 4) is 23.3 Å². The van der Waals surface area contributed by atoms with E-state index in [-0.39, 0.29) is 20.1 Å². The molecule has 1 fully saturated rings. The number of nitrogens with one attached hydrogen (secondary N) is 1. The monoisotopic (exact) mass is 563 g/mol. The van der Waals surface area contributed by atoms with Crippen LogP contribution in [0.25, 0.3) is 16.6 Å². The van der Waals surface area contributed by atoms with E-state index in [4.69, 9.17) is 9.47 Å². The van der Waals surface area contributed by atoms with Crippen molar-refractivity contribution in [2.75, 3.05) is 11.0 Å². The Labute approximate surface area is 237 Å². The molecule has 0 saturated heterocycles. The summed E-state index contributed by atoms with van der Waals surface area (Å²) in [7, 11) is -3.47. The molecule has 0 atom stereocenters. The van der Waals surface area contributed by atoms with Gasteiger partial charge in [0.25, 0.3) is 0 Å². The summed E-state index contributed by atoms with van der Waals surface area (Å²) in [5.74, 6) is 1.39. The Morgan fingerprint density at radius 1 is 1.18 bits per heavy atom. The standard InChI is InChI=1S/C28H29N5O4S.C2H6.H2/c1-3-5-20-14-23(15-21(17-29)27(20)37-24-6-4-7-24)33-13-11-19-16-25(8-9-26(19)33)36-18-22-10-12-30-28(31-22)32-38(2,34)35;1-2;/h8-16,24H,3-7,18H2,1-2H3,(H,30,31,32);1-2H3;1H. The quantitative estimate of drug-likeness (QED) is 0.237. The molecule has 4 aromatic rings. The first-order valence-electron chi connectivity index (χ1n) is 13.6. The van der Waals surface area contributed by atoms with Crippen LogP contribution in [0.1, 0.15) is 64.7 Å². The minimum Gasteiger partial charge on any atom is -0.489 e. The molecule has 1 N–H and O–H groups in total. The highest BCUT2D eigenvalue weighted by molar-refractivity contribution is 7.91. The first-order chi connectivity index (χ1) is 19.3. The van der Waals surface area contributed by atoms with Gasteiger partial charge in [-0.05, 0) is 73.7 Å². The van der Waals surface area contributed by atoms with Crippen molar-refractivity contribution in [3.63, 3.8) is 0 Å². The second-order valence-electron chi connectivity index (χ2n) is 9.45. The highest BCUT2D eigenvalue weighted by Gasteiger charge is 2.23. The number of nitriles is 1. The lowest BCUT2D eigenvalue weighted by molar-refractivity contribution is 0.118. The molecule has 10 heteroatoms. The fourth-order valence-corrected chi connectivity index (χ4v) is 4.86. The second-order valence-corrected chi connectivity index (χ2v) is 11.2. The van der Waals surface area contributed by atoms with Gasteiger partial charge in [0.05, 0.1) is 29.1 Å². The van der Waals surface area contributed by atoms with E-state index in [0.29, 0.717) is 17.0 Å². The number of aromatic nitrogens is 3. The fraction of sp³-hybridized carbons (Fsp3) is 0.367. The average molecular weight is 564 g/mol. The minimum absolute atomic E-state index is 0. The van der Waals surface area contributed by atoms with Crippen molar-refractivity contribution in [2.45, 2.75) is 65.6 Å². The Morgan fingerprint density at radius 2 is 1.98 bits per heavy atom. The van der Waals surface area contributed by atoms with Gasteiger partial charge < -0.3 is 14.0 Å². The molecule has 0 spiro atoms. The molecule has 2 heterocycles. The van der Waals surface area contributed by atoms with Crippen LogP contribution < -0.4 is 14.2 Å². The third-order valence-electron chi connectivity index (χ3n) is 6.44. The summed E-state index contributed by atoms with van der Waals surface area (Å²) in [4.78, 5) is 8.11. The molecule has 0 unspecified atom stereocenters. The van der Waals surface area contributed by atoms with Gasteiger partial charge in [-0.1, -0.05) is 27.2 Å². The van der Waals surface area contributed by atoms with Gasteiger partial charge >= 0.3 is 0 Å². The maximum atomic E-state index is 11.4. The molecule has 212 valence electrons. The number of hydrogen-bond donors (Lipinski definition) is 1. The van der Waals surface area contributed by atoms with Crippen LogP contribution in [-0.4, -0.2) is 35.3 Å². The maximum absolute atomic E-state index is 11.4. The van der Waals surface area contributed by atoms with Crippen molar-refractivity contribution in [3.05, 3.63) is 71.7 Å². The molecule has 0 bridgehead atoms. The van der Waals surface area contributed by atoms with Crippen LogP contribution in [0.3, 0.4) is 0 Å². The molecule has 1 saturated carbocycles. The molecule has 9 nitrogen and oxygen atoms in total. The Balaban J connectivity index is 0.00000151. The zero-order chi connectivity index (χ0) is 28.7. The number of ether oxygens (including phenoxy) is 2. The van der Waals surface area contributed by atoms with Gasteiger partial charge in [0.1, 0.15) is 24.2 Å². The molecule has 1 aliphatic rings. The van der Waals surface area contributed by atoms with Gasteiger partial charge in [-0.3, -0.25) is 4.72 Å². The lowest BCUT2D eigenvalue weighted by atomic mass is 9.95. The van der Waals surface area contributed by atoms with Crippen molar-refractivity contribution in [1.29, 1.82) is 5.26 Å². The van der Waals surface area contributed by atoms with E-state index >= 15 is 0 Å². The maximum Gasteiger partial charge on any atom is 0.236 e. The van der Waals surface area contributed by atoms with E-state index in [1.54, 1.807) is 6.07 Å². The molecule has 0 amide bonds. The molecule has 0 radical (unpaired) electrons. The summed E-state index contributed by atoms with van der Waals surface area (Å²) in [6, 6.07) is 15.8. The molecular weight excluding hydrogens is 526 g/mol. The number of hydrogen-bond acceptors (Lipinski definition) is 7. The molecule has 0 aliphatic heterocycles. The lowest BCUT2D eigenvalue weighted by Gasteiger charge is -2.28. The number of benzene rings is 2. The Hall–Kier alpha value is -4.10. The van der Waals surface area contributed by atoms with E-state index < -0.39 is 10.0 Å². The molecular formula is C30H37N5O4S. The fourth-order valence-electron chi connectivity index (χ4n) is 4.43. The number of rotatable bonds is 10. The lowest BCUT2D eigenvalue weighted by Crippen LogP contribution is -2.25. The summed E-state index contributed by atoms with van der Waals surface area (Å²) >= 11 is 0. The predicted molar refractivity (Wildman–Crippen MR) is 159 cm³/mol. The molecule has 5 rings (SSSR count). The molecule has 40 heavy (non-hydrogen) atoms. The summed E-state index contributed by atoms with van der Waals surface area (Å²) in [5, 5.41) is 10.9. The van der Waals surface area contributed by atoms with Gasteiger partial charge in [0.15, 0.2) is 0 Å². The number of aryl methyl sites for hydroxylation is 1. The number of nitrogens with zero attached hydrogens (tertiary/aromatic N) is 4. The summed E-state index contributed by atoms with van der Waals surface area (Å²) in [6.45, 7) is 6.28. The van der Waals surface area contributed by atoms with Crippen LogP contribution in [0.2, 0.25) is 0 Å². The van der Waals surface area contributed by atoms with E-state index in [0.717, 1.165) is 59.8 Å². The average Bonchev–Trinajstić information content (AvgIpc) is 3.33. The molecule has 2 aromatic heterocycles. The normalized spacial score (nSPS) is 13.1. The van der Waals surface area contributed by atoms with Gasteiger partial charge in [-0.25, -0.2) is 18.4 Å². The van der Waals surface area contributed by atoms with Crippen molar-refractivity contribution < 1.29 is 19.3 Å². The Morgan fingerprint density at radius 3 is 2.65 bits per heavy atom. The van der Waals surface area contributed by atoms with Gasteiger partial charge in [0.2, 0.25) is 16.0 Å². The van der Waals surface area contributed by atoms with Crippen LogP contribution in [0.4, 0.5) is 5.95 Å². The SMILES string of the molecule is CC.CCCc1cc(-n2ccc3cc(OCc4ccnc(NS(C)(=O)=O)n4)ccc32)cc(C#N)c1OC1CCC1.[HH]. The van der Waals surface area contributed by atoms with E-state index in [1.807, 2.05) is 50.4 Å². The van der Waals surface area contributed by atoms with E-state index in [2.05, 4.69) is 38.3 Å². The third kappa shape index (κ3) is 6.90. The first-order valence-corrected chi connectivity index (χ1v) is 15.5. The van der Waals surface area contributed by atoms with Crippen molar-refractivity contribution in [2.24, 2.45) is 0 Å². The van der Waals surface area contributed by atoms with Gasteiger partial charge in [-0.15, -0.1) is 0 Å². The zero-order valence-electron chi connectivity index (χ0n) is 23.3. The summed E-state index contributed by atoms with van der Waals surface area (Å²) in [5.41, 5.74) is 4.07. The van der Waals surface area contributed by atoms with Crippen LogP contribution >= 0.6 is 0 Å². The largest absolute Gasteiger partial charge is 0.489 e. The van der Waals surface area contributed by atoms with Crippen LogP contribution in [0, 0.1) is 11.3 Å². The van der Waals surface area contributed by atoms with E-state index in [9.17, 15) is 13.7 Å². The molecule has 1 aliphatic carbocycles. The highest BCUT2D eigenvalue weighted by atomic mass is 32.2. The van der Waals surface area contributed by atoms with Crippen LogP contribution in [-0.2, 0) is 23.1 Å². The van der Waals surface area contributed by atoms with Crippen molar-refractivity contribution in [1.82, 2.24) is 14.5 Å². The van der Waals surface area contributed by atoms with Crippen molar-refractivity contribution >= 4 is 26.9 Å². The topological polar surface area (TPSA) is 119 Å². The number of anilines is 1. The summed E-state index contributed by atoms with van der Waals surface area (Å²) in [6.07, 6.45) is 9.78. The Kier molecular flexibility index (Phi) is 9.27. The van der Waals surface area contributed by atoms with E-state index in [1.165, 1.54) is 12.6 Å². The smallest absolute Gasteiger partial charge is 0.236 e. The highest BCUT2D eigenvalue weighted by Crippen LogP contribution is 2.34. The Bertz CT molecular complexity index is 1630. The van der Waals surface area contributed by atoms with Gasteiger partial charge in [0, 0.05) is 24.9 Å². The van der Waals surface area contributed by atoms with Crippen LogP contribution in [0.5, 0.6) is 11.5 Å². The summed E-state index contributed by atoms with van der Waals surface area (Å²) < 4.78 is 39.4. The number of fused-ring (bicyclic) bond motifs is 1. The minimum atomic E-state index is -3.47. The molecule has 2 aromatic carbocycles. The predicted octanol–water partition coefficient (Wildman–Crippen LogP) is 6.40.